The third-order valence-corrected chi connectivity index (χ3v) is 6.26. The Labute approximate surface area is 145 Å². The number of hydrogen-bond acceptors (Lipinski definition) is 3. The number of nitrogens with zero attached hydrogens (tertiary/aromatic N) is 3. The van der Waals surface area contributed by atoms with E-state index >= 15 is 0 Å². The third kappa shape index (κ3) is 3.64. The first-order valence-corrected chi connectivity index (χ1v) is 9.67. The van der Waals surface area contributed by atoms with Crippen LogP contribution in [0.1, 0.15) is 37.7 Å². The van der Waals surface area contributed by atoms with Crippen LogP contribution in [0.15, 0.2) is 24.5 Å². The topological polar surface area (TPSA) is 36.4 Å². The summed E-state index contributed by atoms with van der Waals surface area (Å²) in [6.45, 7) is 5.71. The van der Waals surface area contributed by atoms with E-state index in [9.17, 15) is 4.79 Å². The molecule has 3 heterocycles. The molecule has 1 amide bonds. The van der Waals surface area contributed by atoms with Gasteiger partial charge < -0.3 is 9.80 Å². The van der Waals surface area contributed by atoms with Crippen molar-refractivity contribution in [2.45, 2.75) is 38.5 Å². The van der Waals surface area contributed by atoms with Gasteiger partial charge in [0.15, 0.2) is 0 Å². The second-order valence-electron chi connectivity index (χ2n) is 8.05. The minimum atomic E-state index is 0.329. The van der Waals surface area contributed by atoms with Crippen LogP contribution in [0.25, 0.3) is 0 Å². The molecule has 24 heavy (non-hydrogen) atoms. The Hall–Kier alpha value is -1.42. The SMILES string of the molecule is O=C(CCc1cccnc1)N1CC2CN(CC3CCCC3)CC2C1. The van der Waals surface area contributed by atoms with Crippen molar-refractivity contribution in [1.29, 1.82) is 0 Å². The second-order valence-corrected chi connectivity index (χ2v) is 8.05. The summed E-state index contributed by atoms with van der Waals surface area (Å²) in [5, 5.41) is 0. The molecule has 3 fully saturated rings. The minimum absolute atomic E-state index is 0.329. The van der Waals surface area contributed by atoms with Crippen LogP contribution in [-0.4, -0.2) is 53.4 Å². The van der Waals surface area contributed by atoms with Crippen molar-refractivity contribution >= 4 is 5.91 Å². The maximum atomic E-state index is 12.5. The molecular weight excluding hydrogens is 298 g/mol. The van der Waals surface area contributed by atoms with Gasteiger partial charge in [0.1, 0.15) is 0 Å². The molecule has 4 heteroatoms. The zero-order valence-corrected chi connectivity index (χ0v) is 14.6. The normalized spacial score (nSPS) is 27.8. The van der Waals surface area contributed by atoms with Gasteiger partial charge in [0.2, 0.25) is 5.91 Å². The molecule has 0 N–H and O–H groups in total. The number of rotatable bonds is 5. The molecule has 1 saturated carbocycles. The third-order valence-electron chi connectivity index (χ3n) is 6.26. The zero-order valence-electron chi connectivity index (χ0n) is 14.6. The van der Waals surface area contributed by atoms with E-state index < -0.39 is 0 Å². The number of aryl methyl sites for hydroxylation is 1. The van der Waals surface area contributed by atoms with E-state index in [0.29, 0.717) is 24.2 Å². The molecule has 2 saturated heterocycles. The number of aromatic nitrogens is 1. The van der Waals surface area contributed by atoms with E-state index in [1.807, 2.05) is 12.3 Å². The fraction of sp³-hybridized carbons (Fsp3) is 0.700. The highest BCUT2D eigenvalue weighted by Gasteiger charge is 2.41. The molecule has 2 unspecified atom stereocenters. The monoisotopic (exact) mass is 327 g/mol. The van der Waals surface area contributed by atoms with Crippen molar-refractivity contribution in [2.75, 3.05) is 32.7 Å². The van der Waals surface area contributed by atoms with Crippen LogP contribution in [0.2, 0.25) is 0 Å². The summed E-state index contributed by atoms with van der Waals surface area (Å²) < 4.78 is 0. The average molecular weight is 327 g/mol. The first-order chi connectivity index (χ1) is 11.8. The highest BCUT2D eigenvalue weighted by atomic mass is 16.2. The maximum Gasteiger partial charge on any atom is 0.222 e. The number of pyridine rings is 1. The number of carbonyl (C=O) groups excluding carboxylic acids is 1. The molecule has 2 aliphatic heterocycles. The standard InChI is InChI=1S/C20H29N3O/c24-20(8-7-16-6-3-9-21-10-16)23-14-18-12-22(13-19(18)15-23)11-17-4-1-2-5-17/h3,6,9-10,17-19H,1-2,4-5,7-8,11-15H2. The van der Waals surface area contributed by atoms with Crippen molar-refractivity contribution in [3.05, 3.63) is 30.1 Å². The van der Waals surface area contributed by atoms with Gasteiger partial charge in [0.05, 0.1) is 0 Å². The van der Waals surface area contributed by atoms with Gasteiger partial charge in [-0.3, -0.25) is 9.78 Å². The van der Waals surface area contributed by atoms with Crippen LogP contribution >= 0.6 is 0 Å². The molecule has 1 aromatic rings. The lowest BCUT2D eigenvalue weighted by atomic mass is 10.0. The lowest BCUT2D eigenvalue weighted by Gasteiger charge is -2.23. The minimum Gasteiger partial charge on any atom is -0.342 e. The Morgan fingerprint density at radius 3 is 2.54 bits per heavy atom. The quantitative estimate of drug-likeness (QED) is 0.834. The number of hydrogen-bond donors (Lipinski definition) is 0. The molecular formula is C20H29N3O. The van der Waals surface area contributed by atoms with Crippen molar-refractivity contribution in [3.63, 3.8) is 0 Å². The van der Waals surface area contributed by atoms with Crippen molar-refractivity contribution < 1.29 is 4.79 Å². The molecule has 4 nitrogen and oxygen atoms in total. The van der Waals surface area contributed by atoms with Gasteiger partial charge in [-0.15, -0.1) is 0 Å². The van der Waals surface area contributed by atoms with Crippen LogP contribution in [0, 0.1) is 17.8 Å². The van der Waals surface area contributed by atoms with Gasteiger partial charge in [0.25, 0.3) is 0 Å². The highest BCUT2D eigenvalue weighted by molar-refractivity contribution is 5.76. The van der Waals surface area contributed by atoms with E-state index in [1.54, 1.807) is 6.20 Å². The van der Waals surface area contributed by atoms with E-state index in [1.165, 1.54) is 45.3 Å². The summed E-state index contributed by atoms with van der Waals surface area (Å²) in [4.78, 5) is 21.4. The lowest BCUT2D eigenvalue weighted by molar-refractivity contribution is -0.130. The summed E-state index contributed by atoms with van der Waals surface area (Å²) in [7, 11) is 0. The Morgan fingerprint density at radius 2 is 1.88 bits per heavy atom. The molecule has 3 aliphatic rings. The Kier molecular flexibility index (Phi) is 4.83. The number of likely N-dealkylation sites (tertiary alicyclic amines) is 2. The molecule has 4 rings (SSSR count). The van der Waals surface area contributed by atoms with E-state index in [0.717, 1.165) is 31.0 Å². The van der Waals surface area contributed by atoms with Gasteiger partial charge in [-0.05, 0) is 48.6 Å². The largest absolute Gasteiger partial charge is 0.342 e. The van der Waals surface area contributed by atoms with Crippen molar-refractivity contribution in [3.8, 4) is 0 Å². The van der Waals surface area contributed by atoms with Crippen LogP contribution in [0.4, 0.5) is 0 Å². The summed E-state index contributed by atoms with van der Waals surface area (Å²) in [5.74, 6) is 2.71. The predicted octanol–water partition coefficient (Wildman–Crippen LogP) is 2.59. The van der Waals surface area contributed by atoms with Crippen LogP contribution in [-0.2, 0) is 11.2 Å². The number of carbonyl (C=O) groups is 1. The lowest BCUT2D eigenvalue weighted by Crippen LogP contribution is -2.34. The predicted molar refractivity (Wildman–Crippen MR) is 94.5 cm³/mol. The van der Waals surface area contributed by atoms with Crippen LogP contribution < -0.4 is 0 Å². The summed E-state index contributed by atoms with van der Waals surface area (Å²) in [6, 6.07) is 4.00. The van der Waals surface area contributed by atoms with Crippen molar-refractivity contribution in [1.82, 2.24) is 14.8 Å². The van der Waals surface area contributed by atoms with Crippen LogP contribution in [0.3, 0.4) is 0 Å². The van der Waals surface area contributed by atoms with E-state index in [2.05, 4.69) is 20.9 Å². The number of fused-ring (bicyclic) bond motifs is 1. The zero-order chi connectivity index (χ0) is 16.4. The molecule has 0 aromatic carbocycles. The Morgan fingerprint density at radius 1 is 1.12 bits per heavy atom. The van der Waals surface area contributed by atoms with Gasteiger partial charge in [-0.1, -0.05) is 18.9 Å². The van der Waals surface area contributed by atoms with E-state index in [-0.39, 0.29) is 0 Å². The fourth-order valence-corrected chi connectivity index (χ4v) is 4.96. The first kappa shape index (κ1) is 16.1. The first-order valence-electron chi connectivity index (χ1n) is 9.67. The van der Waals surface area contributed by atoms with Gasteiger partial charge >= 0.3 is 0 Å². The Bertz CT molecular complexity index is 541. The highest BCUT2D eigenvalue weighted by Crippen LogP contribution is 2.34. The molecule has 0 bridgehead atoms. The van der Waals surface area contributed by atoms with Gasteiger partial charge in [0, 0.05) is 51.5 Å². The fourth-order valence-electron chi connectivity index (χ4n) is 4.96. The van der Waals surface area contributed by atoms with Gasteiger partial charge in [-0.2, -0.15) is 0 Å². The smallest absolute Gasteiger partial charge is 0.222 e. The average Bonchev–Trinajstić information content (AvgIpc) is 3.30. The number of amides is 1. The second kappa shape index (κ2) is 7.22. The molecule has 1 aliphatic carbocycles. The van der Waals surface area contributed by atoms with E-state index in [4.69, 9.17) is 0 Å². The van der Waals surface area contributed by atoms with Gasteiger partial charge in [-0.25, -0.2) is 0 Å². The Balaban J connectivity index is 1.22. The summed E-state index contributed by atoms with van der Waals surface area (Å²) >= 11 is 0. The van der Waals surface area contributed by atoms with Crippen molar-refractivity contribution in [2.24, 2.45) is 17.8 Å². The molecule has 0 spiro atoms. The van der Waals surface area contributed by atoms with Crippen LogP contribution in [0.5, 0.6) is 0 Å². The summed E-state index contributed by atoms with van der Waals surface area (Å²) in [5.41, 5.74) is 1.16. The molecule has 1 aromatic heterocycles. The summed E-state index contributed by atoms with van der Waals surface area (Å²) in [6.07, 6.45) is 10.8. The maximum absolute atomic E-state index is 12.5. The molecule has 0 radical (unpaired) electrons. The molecule has 2 atom stereocenters. The molecule has 130 valence electrons.